The zero-order valence-electron chi connectivity index (χ0n) is 18.1. The first-order chi connectivity index (χ1) is 14.7. The van der Waals surface area contributed by atoms with E-state index in [2.05, 4.69) is 5.10 Å². The Bertz CT molecular complexity index is 1240. The zero-order valence-corrected chi connectivity index (χ0v) is 19.7. The molecule has 31 heavy (non-hydrogen) atoms. The summed E-state index contributed by atoms with van der Waals surface area (Å²) in [5, 5.41) is 4.89. The van der Waals surface area contributed by atoms with Crippen molar-refractivity contribution in [3.63, 3.8) is 0 Å². The lowest BCUT2D eigenvalue weighted by molar-refractivity contribution is -0.130. The second-order valence-corrected chi connectivity index (χ2v) is 11.6. The average molecular weight is 459 g/mol. The largest absolute Gasteiger partial charge is 0.341 e. The number of carbonyl (C=O) groups excluding carboxylic acids is 1. The first-order valence-electron chi connectivity index (χ1n) is 10.2. The number of sulfone groups is 1. The highest BCUT2D eigenvalue weighted by Crippen LogP contribution is 2.33. The molecule has 1 aliphatic rings. The van der Waals surface area contributed by atoms with Crippen molar-refractivity contribution in [3.05, 3.63) is 47.7 Å². The number of nitrogens with zero attached hydrogens (tertiary/aromatic N) is 4. The molecular weight excluding hydrogens is 432 g/mol. The van der Waals surface area contributed by atoms with Crippen molar-refractivity contribution < 1.29 is 13.2 Å². The van der Waals surface area contributed by atoms with Crippen molar-refractivity contribution in [3.8, 4) is 11.3 Å². The summed E-state index contributed by atoms with van der Waals surface area (Å²) in [5.41, 5.74) is 4.69. The molecule has 2 aromatic heterocycles. The summed E-state index contributed by atoms with van der Waals surface area (Å²) in [5.74, 6) is 0.0799. The molecule has 164 valence electrons. The lowest BCUT2D eigenvalue weighted by Gasteiger charge is -2.26. The van der Waals surface area contributed by atoms with Crippen LogP contribution in [0.1, 0.15) is 24.6 Å². The lowest BCUT2D eigenvalue weighted by atomic mass is 10.1. The number of aryl methyl sites for hydroxylation is 2. The number of imidazole rings is 1. The van der Waals surface area contributed by atoms with Crippen molar-refractivity contribution in [2.75, 3.05) is 18.6 Å². The van der Waals surface area contributed by atoms with Crippen LogP contribution in [0.15, 0.2) is 41.6 Å². The Labute approximate surface area is 186 Å². The molecule has 9 heteroatoms. The van der Waals surface area contributed by atoms with Gasteiger partial charge in [0.1, 0.15) is 0 Å². The maximum Gasteiger partial charge on any atom is 0.235 e. The molecule has 1 saturated heterocycles. The lowest BCUT2D eigenvalue weighted by Crippen LogP contribution is -2.41. The van der Waals surface area contributed by atoms with Crippen LogP contribution in [-0.4, -0.2) is 63.7 Å². The van der Waals surface area contributed by atoms with E-state index in [1.807, 2.05) is 61.7 Å². The van der Waals surface area contributed by atoms with Gasteiger partial charge >= 0.3 is 0 Å². The smallest absolute Gasteiger partial charge is 0.235 e. The van der Waals surface area contributed by atoms with Crippen LogP contribution in [-0.2, 0) is 14.6 Å². The van der Waals surface area contributed by atoms with Crippen LogP contribution in [0.2, 0.25) is 0 Å². The molecule has 0 saturated carbocycles. The third-order valence-corrected chi connectivity index (χ3v) is 8.44. The van der Waals surface area contributed by atoms with Gasteiger partial charge in [0.25, 0.3) is 0 Å². The quantitative estimate of drug-likeness (QED) is 0.546. The van der Waals surface area contributed by atoms with Gasteiger partial charge in [0.15, 0.2) is 15.0 Å². The van der Waals surface area contributed by atoms with E-state index in [1.165, 1.54) is 11.8 Å². The van der Waals surface area contributed by atoms with E-state index in [0.29, 0.717) is 11.6 Å². The molecule has 1 aliphatic heterocycles. The fraction of sp³-hybridized carbons (Fsp3) is 0.409. The van der Waals surface area contributed by atoms with E-state index in [4.69, 9.17) is 4.98 Å². The minimum atomic E-state index is -3.05. The molecule has 2 atom stereocenters. The van der Waals surface area contributed by atoms with E-state index in [9.17, 15) is 13.2 Å². The molecule has 0 bridgehead atoms. The molecule has 7 nitrogen and oxygen atoms in total. The number of hydrogen-bond donors (Lipinski definition) is 0. The topological polar surface area (TPSA) is 84.6 Å². The second kappa shape index (κ2) is 8.27. The number of benzene rings is 1. The van der Waals surface area contributed by atoms with Gasteiger partial charge in [-0.3, -0.25) is 4.79 Å². The first-order valence-corrected chi connectivity index (χ1v) is 12.9. The van der Waals surface area contributed by atoms with E-state index < -0.39 is 15.1 Å². The summed E-state index contributed by atoms with van der Waals surface area (Å²) in [6.45, 7) is 5.81. The van der Waals surface area contributed by atoms with Gasteiger partial charge in [-0.15, -0.1) is 0 Å². The monoisotopic (exact) mass is 458 g/mol. The van der Waals surface area contributed by atoms with Crippen LogP contribution >= 0.6 is 11.8 Å². The Morgan fingerprint density at radius 1 is 1.26 bits per heavy atom. The predicted molar refractivity (Wildman–Crippen MR) is 123 cm³/mol. The fourth-order valence-electron chi connectivity index (χ4n) is 4.04. The molecule has 0 spiro atoms. The van der Waals surface area contributed by atoms with Crippen LogP contribution in [0.5, 0.6) is 0 Å². The Kier molecular flexibility index (Phi) is 5.83. The zero-order chi connectivity index (χ0) is 22.3. The Morgan fingerprint density at radius 2 is 1.97 bits per heavy atom. The Balaban J connectivity index is 1.66. The highest BCUT2D eigenvalue weighted by Gasteiger charge is 2.34. The molecule has 1 aromatic carbocycles. The number of rotatable bonds is 5. The Morgan fingerprint density at radius 3 is 2.61 bits per heavy atom. The summed E-state index contributed by atoms with van der Waals surface area (Å²) in [6, 6.07) is 11.7. The maximum absolute atomic E-state index is 13.0. The van der Waals surface area contributed by atoms with Crippen molar-refractivity contribution in [2.45, 2.75) is 43.6 Å². The van der Waals surface area contributed by atoms with Gasteiger partial charge in [0.05, 0.1) is 33.7 Å². The van der Waals surface area contributed by atoms with Crippen molar-refractivity contribution >= 4 is 33.0 Å². The van der Waals surface area contributed by atoms with Gasteiger partial charge in [0, 0.05) is 18.7 Å². The highest BCUT2D eigenvalue weighted by atomic mass is 32.2. The number of carbonyl (C=O) groups is 1. The summed E-state index contributed by atoms with van der Waals surface area (Å²) < 4.78 is 25.4. The van der Waals surface area contributed by atoms with Gasteiger partial charge in [-0.05, 0) is 38.8 Å². The van der Waals surface area contributed by atoms with Crippen molar-refractivity contribution in [1.29, 1.82) is 0 Å². The standard InChI is InChI=1S/C22H26N4O3S2/c1-14-12-15(2)24-26-20(14)19(17-8-6-5-7-9-17)23-22(26)30-16(3)21(27)25(4)18-10-11-31(28,29)13-18/h5-9,12,16,18H,10-11,13H2,1-4H3/t16-,18-/m0/s1. The van der Waals surface area contributed by atoms with E-state index in [-0.39, 0.29) is 23.5 Å². The van der Waals surface area contributed by atoms with E-state index in [1.54, 1.807) is 11.9 Å². The summed E-state index contributed by atoms with van der Waals surface area (Å²) in [7, 11) is -1.36. The highest BCUT2D eigenvalue weighted by molar-refractivity contribution is 8.00. The van der Waals surface area contributed by atoms with Crippen molar-refractivity contribution in [1.82, 2.24) is 19.5 Å². The van der Waals surface area contributed by atoms with Gasteiger partial charge in [-0.2, -0.15) is 5.10 Å². The maximum atomic E-state index is 13.0. The van der Waals surface area contributed by atoms with Gasteiger partial charge in [-0.25, -0.2) is 17.9 Å². The molecule has 4 rings (SSSR count). The third kappa shape index (κ3) is 4.34. The number of hydrogen-bond acceptors (Lipinski definition) is 6. The van der Waals surface area contributed by atoms with Crippen LogP contribution in [0.3, 0.4) is 0 Å². The van der Waals surface area contributed by atoms with Crippen LogP contribution < -0.4 is 0 Å². The summed E-state index contributed by atoms with van der Waals surface area (Å²) in [6.07, 6.45) is 0.492. The average Bonchev–Trinajstić information content (AvgIpc) is 3.27. The van der Waals surface area contributed by atoms with E-state index in [0.717, 1.165) is 28.0 Å². The van der Waals surface area contributed by atoms with E-state index >= 15 is 0 Å². The van der Waals surface area contributed by atoms with Crippen LogP contribution in [0, 0.1) is 13.8 Å². The molecule has 1 amide bonds. The van der Waals surface area contributed by atoms with Gasteiger partial charge in [-0.1, -0.05) is 42.1 Å². The van der Waals surface area contributed by atoms with Crippen molar-refractivity contribution in [2.24, 2.45) is 0 Å². The molecule has 1 fully saturated rings. The Hall–Kier alpha value is -2.39. The minimum absolute atomic E-state index is 0.0387. The molecular formula is C22H26N4O3S2. The number of amides is 1. The van der Waals surface area contributed by atoms with Crippen LogP contribution in [0.4, 0.5) is 0 Å². The molecule has 0 aliphatic carbocycles. The third-order valence-electron chi connectivity index (χ3n) is 5.66. The number of thioether (sulfide) groups is 1. The first kappa shape index (κ1) is 21.8. The van der Waals surface area contributed by atoms with Gasteiger partial charge in [0.2, 0.25) is 5.91 Å². The molecule has 3 aromatic rings. The molecule has 3 heterocycles. The second-order valence-electron chi connectivity index (χ2n) is 8.10. The predicted octanol–water partition coefficient (Wildman–Crippen LogP) is 3.14. The normalized spacial score (nSPS) is 18.9. The number of aromatic nitrogens is 3. The number of fused-ring (bicyclic) bond motifs is 1. The molecule has 0 N–H and O–H groups in total. The summed E-state index contributed by atoms with van der Waals surface area (Å²) in [4.78, 5) is 19.5. The fourth-order valence-corrected chi connectivity index (χ4v) is 6.77. The summed E-state index contributed by atoms with van der Waals surface area (Å²) >= 11 is 1.35. The molecule has 0 radical (unpaired) electrons. The molecule has 0 unspecified atom stereocenters. The minimum Gasteiger partial charge on any atom is -0.341 e. The SMILES string of the molecule is Cc1cc(C)c2c(-c3ccccc3)nc(S[C@@H](C)C(=O)N(C)[C@H]3CCS(=O)(=O)C3)n2n1. The van der Waals surface area contributed by atoms with Gasteiger partial charge < -0.3 is 4.90 Å². The van der Waals surface area contributed by atoms with Crippen LogP contribution in [0.25, 0.3) is 16.8 Å².